The van der Waals surface area contributed by atoms with Crippen LogP contribution in [0, 0.1) is 19.7 Å². The smallest absolute Gasteiger partial charge is 0.268 e. The van der Waals surface area contributed by atoms with Crippen LogP contribution in [0.5, 0.6) is 0 Å². The Kier molecular flexibility index (Phi) is 5.53. The Balaban J connectivity index is 1.31. The van der Waals surface area contributed by atoms with E-state index in [4.69, 9.17) is 4.98 Å². The maximum absolute atomic E-state index is 13.2. The zero-order valence-corrected chi connectivity index (χ0v) is 19.0. The Morgan fingerprint density at radius 1 is 1.06 bits per heavy atom. The number of aromatic amines is 1. The van der Waals surface area contributed by atoms with Gasteiger partial charge in [-0.3, -0.25) is 9.69 Å². The predicted octanol–water partition coefficient (Wildman–Crippen LogP) is 4.73. The maximum Gasteiger partial charge on any atom is 0.268 e. The van der Waals surface area contributed by atoms with E-state index >= 15 is 0 Å². The van der Waals surface area contributed by atoms with Crippen LogP contribution in [-0.2, 0) is 6.54 Å². The van der Waals surface area contributed by atoms with Gasteiger partial charge in [0.05, 0.1) is 12.1 Å². The lowest BCUT2D eigenvalue weighted by Gasteiger charge is -2.36. The van der Waals surface area contributed by atoms with Gasteiger partial charge in [-0.1, -0.05) is 24.3 Å². The second-order valence-corrected chi connectivity index (χ2v) is 9.38. The van der Waals surface area contributed by atoms with Crippen LogP contribution < -0.4 is 10.5 Å². The van der Waals surface area contributed by atoms with E-state index in [1.54, 1.807) is 12.1 Å². The minimum absolute atomic E-state index is 0.114. The first-order valence-electron chi connectivity index (χ1n) is 10.8. The van der Waals surface area contributed by atoms with Crippen molar-refractivity contribution in [3.8, 4) is 10.4 Å². The number of anilines is 1. The number of rotatable bonds is 4. The van der Waals surface area contributed by atoms with Gasteiger partial charge in [-0.05, 0) is 54.8 Å². The van der Waals surface area contributed by atoms with Crippen LogP contribution in [0.3, 0.4) is 0 Å². The largest absolute Gasteiger partial charge is 0.369 e. The van der Waals surface area contributed by atoms with Crippen LogP contribution in [-0.4, -0.2) is 41.0 Å². The van der Waals surface area contributed by atoms with E-state index in [0.717, 1.165) is 36.6 Å². The molecule has 2 aromatic carbocycles. The number of halogens is 1. The molecule has 0 unspecified atom stereocenters. The van der Waals surface area contributed by atoms with Gasteiger partial charge in [0.25, 0.3) is 5.56 Å². The average molecular weight is 449 g/mol. The maximum atomic E-state index is 13.2. The molecule has 0 bridgehead atoms. The molecule has 5 rings (SSSR count). The fraction of sp³-hybridized carbons (Fsp3) is 0.280. The van der Waals surface area contributed by atoms with Crippen molar-refractivity contribution in [1.29, 1.82) is 0 Å². The Hall–Kier alpha value is -3.03. The summed E-state index contributed by atoms with van der Waals surface area (Å²) in [5, 5.41) is 0. The van der Waals surface area contributed by atoms with Gasteiger partial charge in [0.2, 0.25) is 0 Å². The highest BCUT2D eigenvalue weighted by Gasteiger charge is 2.20. The highest BCUT2D eigenvalue weighted by Crippen LogP contribution is 2.31. The predicted molar refractivity (Wildman–Crippen MR) is 129 cm³/mol. The van der Waals surface area contributed by atoms with Crippen LogP contribution >= 0.6 is 11.3 Å². The summed E-state index contributed by atoms with van der Waals surface area (Å²) >= 11 is 1.39. The molecule has 1 saturated heterocycles. The van der Waals surface area contributed by atoms with Crippen molar-refractivity contribution in [3.63, 3.8) is 0 Å². The number of aryl methyl sites for hydroxylation is 1. The molecule has 32 heavy (non-hydrogen) atoms. The lowest BCUT2D eigenvalue weighted by atomic mass is 10.1. The lowest BCUT2D eigenvalue weighted by molar-refractivity contribution is 0.244. The van der Waals surface area contributed by atoms with Crippen molar-refractivity contribution in [3.05, 3.63) is 81.7 Å². The van der Waals surface area contributed by atoms with Crippen LogP contribution in [0.15, 0.2) is 53.3 Å². The summed E-state index contributed by atoms with van der Waals surface area (Å²) in [6, 6.07) is 14.7. The zero-order valence-electron chi connectivity index (χ0n) is 18.2. The molecule has 0 spiro atoms. The normalized spacial score (nSPS) is 14.9. The number of hydrogen-bond donors (Lipinski definition) is 1. The van der Waals surface area contributed by atoms with Crippen molar-refractivity contribution >= 4 is 27.2 Å². The first-order valence-corrected chi connectivity index (χ1v) is 11.6. The second-order valence-electron chi connectivity index (χ2n) is 8.33. The molecule has 3 heterocycles. The van der Waals surface area contributed by atoms with Gasteiger partial charge in [-0.2, -0.15) is 0 Å². The van der Waals surface area contributed by atoms with Gasteiger partial charge in [0.15, 0.2) is 0 Å². The third-order valence-corrected chi connectivity index (χ3v) is 7.40. The van der Waals surface area contributed by atoms with Gasteiger partial charge in [-0.25, -0.2) is 9.37 Å². The molecule has 0 aliphatic carbocycles. The van der Waals surface area contributed by atoms with Crippen LogP contribution in [0.2, 0.25) is 0 Å². The summed E-state index contributed by atoms with van der Waals surface area (Å²) in [6.45, 7) is 8.68. The highest BCUT2D eigenvalue weighted by molar-refractivity contribution is 7.22. The lowest BCUT2D eigenvalue weighted by Crippen LogP contribution is -2.46. The number of piperazine rings is 1. The molecule has 1 N–H and O–H groups in total. The summed E-state index contributed by atoms with van der Waals surface area (Å²) in [5.74, 6) is 0.414. The molecular weight excluding hydrogens is 423 g/mol. The van der Waals surface area contributed by atoms with Crippen LogP contribution in [0.1, 0.15) is 17.0 Å². The Bertz CT molecular complexity index is 1320. The number of H-pyrrole nitrogens is 1. The van der Waals surface area contributed by atoms with Gasteiger partial charge in [-0.15, -0.1) is 11.3 Å². The first kappa shape index (κ1) is 20.8. The van der Waals surface area contributed by atoms with E-state index in [-0.39, 0.29) is 11.4 Å². The van der Waals surface area contributed by atoms with E-state index < -0.39 is 0 Å². The van der Waals surface area contributed by atoms with Gasteiger partial charge < -0.3 is 9.88 Å². The number of benzene rings is 2. The van der Waals surface area contributed by atoms with Crippen molar-refractivity contribution in [1.82, 2.24) is 14.9 Å². The summed E-state index contributed by atoms with van der Waals surface area (Å²) in [5.41, 5.74) is 5.43. The van der Waals surface area contributed by atoms with E-state index in [1.165, 1.54) is 40.3 Å². The standard InChI is InChI=1S/C25H25FN4OS/c1-16-4-3-5-21(17(16)2)30-12-10-29(11-13-30)15-23-27-20-14-22(32-24(20)25(31)28-23)18-6-8-19(26)9-7-18/h3-9,14H,10-13,15H2,1-2H3,(H,27,28,31). The molecule has 164 valence electrons. The van der Waals surface area contributed by atoms with Crippen LogP contribution in [0.4, 0.5) is 10.1 Å². The minimum atomic E-state index is -0.272. The Labute approximate surface area is 190 Å². The third kappa shape index (κ3) is 4.06. The van der Waals surface area contributed by atoms with Crippen molar-refractivity contribution in [2.24, 2.45) is 0 Å². The summed E-state index contributed by atoms with van der Waals surface area (Å²) in [4.78, 5) is 26.0. The molecule has 0 radical (unpaired) electrons. The van der Waals surface area contributed by atoms with Crippen LogP contribution in [0.25, 0.3) is 20.7 Å². The van der Waals surface area contributed by atoms with Gasteiger partial charge in [0, 0.05) is 36.7 Å². The average Bonchev–Trinajstić information content (AvgIpc) is 3.22. The zero-order chi connectivity index (χ0) is 22.2. The Morgan fingerprint density at radius 2 is 1.81 bits per heavy atom. The Morgan fingerprint density at radius 3 is 2.56 bits per heavy atom. The van der Waals surface area contributed by atoms with E-state index in [2.05, 4.69) is 46.8 Å². The monoisotopic (exact) mass is 448 g/mol. The second kappa shape index (κ2) is 8.48. The van der Waals surface area contributed by atoms with E-state index in [1.807, 2.05) is 6.07 Å². The molecule has 4 aromatic rings. The number of nitrogens with zero attached hydrogens (tertiary/aromatic N) is 3. The third-order valence-electron chi connectivity index (χ3n) is 6.22. The number of fused-ring (bicyclic) bond motifs is 1. The summed E-state index contributed by atoms with van der Waals surface area (Å²) < 4.78 is 13.8. The molecule has 2 aromatic heterocycles. The number of thiophene rings is 1. The first-order chi connectivity index (χ1) is 15.5. The summed E-state index contributed by atoms with van der Waals surface area (Å²) in [7, 11) is 0. The van der Waals surface area contributed by atoms with Gasteiger partial charge >= 0.3 is 0 Å². The number of aromatic nitrogens is 2. The van der Waals surface area contributed by atoms with E-state index in [0.29, 0.717) is 22.6 Å². The molecule has 0 atom stereocenters. The SMILES string of the molecule is Cc1cccc(N2CCN(Cc3nc4cc(-c5ccc(F)cc5)sc4c(=O)[nH]3)CC2)c1C. The molecule has 0 amide bonds. The minimum Gasteiger partial charge on any atom is -0.369 e. The fourth-order valence-electron chi connectivity index (χ4n) is 4.26. The van der Waals surface area contributed by atoms with Gasteiger partial charge in [0.1, 0.15) is 16.3 Å². The highest BCUT2D eigenvalue weighted by atomic mass is 32.1. The fourth-order valence-corrected chi connectivity index (χ4v) is 5.25. The number of hydrogen-bond acceptors (Lipinski definition) is 5. The quantitative estimate of drug-likeness (QED) is 0.490. The van der Waals surface area contributed by atoms with Crippen molar-refractivity contribution in [2.45, 2.75) is 20.4 Å². The molecule has 7 heteroatoms. The summed E-state index contributed by atoms with van der Waals surface area (Å²) in [6.07, 6.45) is 0. The molecule has 5 nitrogen and oxygen atoms in total. The number of nitrogens with one attached hydrogen (secondary N) is 1. The topological polar surface area (TPSA) is 52.2 Å². The van der Waals surface area contributed by atoms with E-state index in [9.17, 15) is 9.18 Å². The molecular formula is C25H25FN4OS. The molecule has 1 aliphatic heterocycles. The molecule has 1 aliphatic rings. The van der Waals surface area contributed by atoms with Crippen molar-refractivity contribution < 1.29 is 4.39 Å². The molecule has 0 saturated carbocycles. The molecule has 1 fully saturated rings. The van der Waals surface area contributed by atoms with Crippen molar-refractivity contribution in [2.75, 3.05) is 31.1 Å².